The molecule has 1 saturated heterocycles. The molecule has 7 heteroatoms. The molecule has 3 aromatic carbocycles. The van der Waals surface area contributed by atoms with Gasteiger partial charge in [-0.25, -0.2) is 0 Å². The number of likely N-dealkylation sites (N-methyl/N-ethyl adjacent to an activating group) is 1. The van der Waals surface area contributed by atoms with Crippen LogP contribution in [0.1, 0.15) is 27.0 Å². The second-order valence-electron chi connectivity index (χ2n) is 8.49. The number of fused-ring (bicyclic) bond motifs is 2. The number of carbonyl (C=O) groups is 1. The van der Waals surface area contributed by atoms with Gasteiger partial charge in [-0.05, 0) is 55.1 Å². The van der Waals surface area contributed by atoms with Crippen molar-refractivity contribution >= 4 is 17.5 Å². The number of rotatable bonds is 3. The van der Waals surface area contributed by atoms with E-state index in [4.69, 9.17) is 21.1 Å². The van der Waals surface area contributed by atoms with E-state index in [2.05, 4.69) is 11.9 Å². The maximum absolute atomic E-state index is 13.2. The van der Waals surface area contributed by atoms with Gasteiger partial charge < -0.3 is 24.4 Å². The number of amides is 1. The smallest absolute Gasteiger partial charge is 0.254 e. The number of carbonyl (C=O) groups excluding carboxylic acids is 1. The lowest BCUT2D eigenvalue weighted by atomic mass is 9.77. The van der Waals surface area contributed by atoms with Crippen molar-refractivity contribution in [2.45, 2.75) is 5.60 Å². The molecule has 3 aromatic rings. The monoisotopic (exact) mass is 464 g/mol. The third-order valence-electron chi connectivity index (χ3n) is 6.45. The van der Waals surface area contributed by atoms with Crippen LogP contribution in [0.3, 0.4) is 0 Å². The third kappa shape index (κ3) is 3.74. The van der Waals surface area contributed by atoms with Crippen LogP contribution in [0.25, 0.3) is 0 Å². The summed E-state index contributed by atoms with van der Waals surface area (Å²) in [7, 11) is 3.64. The number of halogens is 1. The number of hydrogen-bond donors (Lipinski definition) is 1. The van der Waals surface area contributed by atoms with Gasteiger partial charge in [0.15, 0.2) is 0 Å². The fraction of sp³-hybridized carbons (Fsp3) is 0.269. The topological polar surface area (TPSA) is 62.2 Å². The highest BCUT2D eigenvalue weighted by Crippen LogP contribution is 2.51. The summed E-state index contributed by atoms with van der Waals surface area (Å²) in [6.07, 6.45) is 0. The van der Waals surface area contributed by atoms with Gasteiger partial charge in [-0.15, -0.1) is 0 Å². The van der Waals surface area contributed by atoms with E-state index in [0.29, 0.717) is 57.6 Å². The molecule has 2 aliphatic heterocycles. The molecule has 33 heavy (non-hydrogen) atoms. The van der Waals surface area contributed by atoms with Crippen molar-refractivity contribution in [3.05, 3.63) is 87.9 Å². The molecule has 0 saturated carbocycles. The average molecular weight is 465 g/mol. The average Bonchev–Trinajstić information content (AvgIpc) is 2.84. The second kappa shape index (κ2) is 8.37. The van der Waals surface area contributed by atoms with Crippen LogP contribution in [-0.4, -0.2) is 61.2 Å². The van der Waals surface area contributed by atoms with Crippen LogP contribution in [-0.2, 0) is 5.60 Å². The number of nitrogens with zero attached hydrogens (tertiary/aromatic N) is 2. The first-order valence-electron chi connectivity index (χ1n) is 10.9. The molecule has 0 radical (unpaired) electrons. The first kappa shape index (κ1) is 21.8. The maximum Gasteiger partial charge on any atom is 0.254 e. The molecule has 1 amide bonds. The minimum atomic E-state index is -1.53. The summed E-state index contributed by atoms with van der Waals surface area (Å²) < 4.78 is 11.6. The molecule has 2 aliphatic rings. The Bertz CT molecular complexity index is 1220. The van der Waals surface area contributed by atoms with Crippen molar-refractivity contribution < 1.29 is 19.4 Å². The van der Waals surface area contributed by atoms with Gasteiger partial charge in [0.1, 0.15) is 22.8 Å². The van der Waals surface area contributed by atoms with Gasteiger partial charge in [0.25, 0.3) is 5.91 Å². The predicted octanol–water partition coefficient (Wildman–Crippen LogP) is 4.13. The predicted molar refractivity (Wildman–Crippen MR) is 126 cm³/mol. The lowest BCUT2D eigenvalue weighted by molar-refractivity contribution is 0.0662. The molecular formula is C26H25ClN2O4. The first-order valence-corrected chi connectivity index (χ1v) is 11.2. The van der Waals surface area contributed by atoms with Crippen molar-refractivity contribution in [3.8, 4) is 17.2 Å². The van der Waals surface area contributed by atoms with E-state index in [9.17, 15) is 9.90 Å². The summed E-state index contributed by atoms with van der Waals surface area (Å²) in [5.74, 6) is 1.51. The lowest BCUT2D eigenvalue weighted by Crippen LogP contribution is -2.47. The Morgan fingerprint density at radius 1 is 1.00 bits per heavy atom. The Hall–Kier alpha value is -3.06. The highest BCUT2D eigenvalue weighted by atomic mass is 35.5. The SMILES string of the molecule is COc1cccc(C2(O)c3ccc(C(=O)N4CCN(C)CC4)cc3Oc3ccc(Cl)cc32)c1. The molecule has 0 aliphatic carbocycles. The molecule has 1 N–H and O–H groups in total. The van der Waals surface area contributed by atoms with Gasteiger partial charge in [-0.1, -0.05) is 29.8 Å². The molecule has 5 rings (SSSR count). The summed E-state index contributed by atoms with van der Waals surface area (Å²) in [6, 6.07) is 17.7. The standard InChI is InChI=1S/C26H25ClN2O4/c1-28-10-12-29(13-11-28)25(30)17-6-8-21-24(14-17)33-23-9-7-19(27)16-22(23)26(21,31)18-4-3-5-20(15-18)32-2/h3-9,14-16,31H,10-13H2,1-2H3. The first-order chi connectivity index (χ1) is 15.9. The number of hydrogen-bond acceptors (Lipinski definition) is 5. The van der Waals surface area contributed by atoms with E-state index < -0.39 is 5.60 Å². The van der Waals surface area contributed by atoms with E-state index in [1.54, 1.807) is 49.6 Å². The van der Waals surface area contributed by atoms with Gasteiger partial charge in [0.05, 0.1) is 7.11 Å². The Morgan fingerprint density at radius 3 is 2.55 bits per heavy atom. The maximum atomic E-state index is 13.2. The molecule has 1 atom stereocenters. The largest absolute Gasteiger partial charge is 0.497 e. The Kier molecular flexibility index (Phi) is 5.52. The van der Waals surface area contributed by atoms with E-state index >= 15 is 0 Å². The molecule has 0 bridgehead atoms. The molecule has 1 unspecified atom stereocenters. The van der Waals surface area contributed by atoms with Crippen molar-refractivity contribution in [2.24, 2.45) is 0 Å². The molecule has 1 fully saturated rings. The van der Waals surface area contributed by atoms with Crippen molar-refractivity contribution in [2.75, 3.05) is 40.3 Å². The van der Waals surface area contributed by atoms with E-state index in [-0.39, 0.29) is 5.91 Å². The molecular weight excluding hydrogens is 440 g/mol. The van der Waals surface area contributed by atoms with Crippen LogP contribution in [0.5, 0.6) is 17.2 Å². The summed E-state index contributed by atoms with van der Waals surface area (Å²) in [5, 5.41) is 12.7. The number of methoxy groups -OCH3 is 1. The molecule has 0 spiro atoms. The van der Waals surface area contributed by atoms with Crippen molar-refractivity contribution in [3.63, 3.8) is 0 Å². The van der Waals surface area contributed by atoms with E-state index in [1.807, 2.05) is 23.1 Å². The quantitative estimate of drug-likeness (QED) is 0.631. The lowest BCUT2D eigenvalue weighted by Gasteiger charge is -2.37. The second-order valence-corrected chi connectivity index (χ2v) is 8.93. The Morgan fingerprint density at radius 2 is 1.79 bits per heavy atom. The van der Waals surface area contributed by atoms with Crippen LogP contribution in [0, 0.1) is 0 Å². The highest BCUT2D eigenvalue weighted by molar-refractivity contribution is 6.30. The van der Waals surface area contributed by atoms with Gasteiger partial charge in [0, 0.05) is 47.9 Å². The van der Waals surface area contributed by atoms with Crippen LogP contribution >= 0.6 is 11.6 Å². The zero-order chi connectivity index (χ0) is 23.2. The number of aliphatic hydroxyl groups is 1. The zero-order valence-corrected chi connectivity index (χ0v) is 19.3. The van der Waals surface area contributed by atoms with Gasteiger partial charge in [0.2, 0.25) is 0 Å². The van der Waals surface area contributed by atoms with Gasteiger partial charge in [-0.3, -0.25) is 4.79 Å². The van der Waals surface area contributed by atoms with Crippen LogP contribution in [0.15, 0.2) is 60.7 Å². The summed E-state index contributed by atoms with van der Waals surface area (Å²) in [5.41, 5.74) is 0.698. The van der Waals surface area contributed by atoms with E-state index in [0.717, 1.165) is 13.1 Å². The van der Waals surface area contributed by atoms with Crippen molar-refractivity contribution in [1.82, 2.24) is 9.80 Å². The summed E-state index contributed by atoms with van der Waals surface area (Å²) >= 11 is 6.30. The van der Waals surface area contributed by atoms with Gasteiger partial charge >= 0.3 is 0 Å². The molecule has 6 nitrogen and oxygen atoms in total. The fourth-order valence-electron chi connectivity index (χ4n) is 4.53. The third-order valence-corrected chi connectivity index (χ3v) is 6.68. The van der Waals surface area contributed by atoms with Crippen LogP contribution < -0.4 is 9.47 Å². The normalized spacial score (nSPS) is 19.9. The number of benzene rings is 3. The Balaban J connectivity index is 1.61. The Labute approximate surface area is 197 Å². The number of piperazine rings is 1. The number of ether oxygens (including phenoxy) is 2. The van der Waals surface area contributed by atoms with Crippen LogP contribution in [0.4, 0.5) is 0 Å². The molecule has 170 valence electrons. The van der Waals surface area contributed by atoms with Crippen LogP contribution in [0.2, 0.25) is 5.02 Å². The fourth-order valence-corrected chi connectivity index (χ4v) is 4.70. The van der Waals surface area contributed by atoms with E-state index in [1.165, 1.54) is 0 Å². The zero-order valence-electron chi connectivity index (χ0n) is 18.5. The molecule has 0 aromatic heterocycles. The highest BCUT2D eigenvalue weighted by Gasteiger charge is 2.43. The summed E-state index contributed by atoms with van der Waals surface area (Å²) in [6.45, 7) is 3.05. The minimum Gasteiger partial charge on any atom is -0.497 e. The minimum absolute atomic E-state index is 0.0404. The van der Waals surface area contributed by atoms with Gasteiger partial charge in [-0.2, -0.15) is 0 Å². The molecule has 2 heterocycles. The van der Waals surface area contributed by atoms with Crippen molar-refractivity contribution in [1.29, 1.82) is 0 Å². The summed E-state index contributed by atoms with van der Waals surface area (Å²) in [4.78, 5) is 17.2.